The quantitative estimate of drug-likeness (QED) is 0.602. The van der Waals surface area contributed by atoms with Crippen molar-refractivity contribution in [3.8, 4) is 0 Å². The number of carbonyl (C=O) groups is 4. The topological polar surface area (TPSA) is 122 Å². The lowest BCUT2D eigenvalue weighted by Crippen LogP contribution is -2.53. The summed E-state index contributed by atoms with van der Waals surface area (Å²) in [5.74, 6) is -4.16. The second-order valence-corrected chi connectivity index (χ2v) is 7.89. The van der Waals surface area contributed by atoms with Crippen molar-refractivity contribution >= 4 is 29.3 Å². The number of amides is 4. The summed E-state index contributed by atoms with van der Waals surface area (Å²) in [6.07, 6.45) is 1.66. The summed E-state index contributed by atoms with van der Waals surface area (Å²) in [7, 11) is 0. The molecule has 154 valence electrons. The number of carbonyl (C=O) groups excluding carboxylic acids is 4. The van der Waals surface area contributed by atoms with E-state index in [4.69, 9.17) is 5.73 Å². The number of nitrogens with two attached hydrogens (primary N) is 1. The smallest absolute Gasteiger partial charge is 0.250 e. The van der Waals surface area contributed by atoms with Gasteiger partial charge >= 0.3 is 0 Å². The van der Waals surface area contributed by atoms with Gasteiger partial charge in [-0.1, -0.05) is 13.3 Å². The van der Waals surface area contributed by atoms with E-state index in [0.29, 0.717) is 17.7 Å². The van der Waals surface area contributed by atoms with E-state index in [1.54, 1.807) is 0 Å². The summed E-state index contributed by atoms with van der Waals surface area (Å²) in [6, 6.07) is 3.29. The molecule has 0 saturated carbocycles. The van der Waals surface area contributed by atoms with Crippen LogP contribution in [0.3, 0.4) is 0 Å². The molecule has 1 aromatic rings. The Morgan fingerprint density at radius 3 is 2.72 bits per heavy atom. The lowest BCUT2D eigenvalue weighted by molar-refractivity contribution is -0.143. The highest BCUT2D eigenvalue weighted by Crippen LogP contribution is 2.53. The zero-order valence-electron chi connectivity index (χ0n) is 16.0. The summed E-state index contributed by atoms with van der Waals surface area (Å²) < 4.78 is 14.0. The number of primary amides is 1. The van der Waals surface area contributed by atoms with Gasteiger partial charge in [0, 0.05) is 30.3 Å². The molecule has 4 rings (SSSR count). The van der Waals surface area contributed by atoms with E-state index >= 15 is 0 Å². The molecule has 3 aliphatic rings. The number of anilines is 1. The van der Waals surface area contributed by atoms with E-state index in [2.05, 4.69) is 10.6 Å². The van der Waals surface area contributed by atoms with Gasteiger partial charge in [0.15, 0.2) is 0 Å². The van der Waals surface area contributed by atoms with Gasteiger partial charge < -0.3 is 11.1 Å². The molecule has 0 aromatic heterocycles. The van der Waals surface area contributed by atoms with E-state index < -0.39 is 47.0 Å². The number of imide groups is 1. The van der Waals surface area contributed by atoms with Crippen molar-refractivity contribution in [1.29, 1.82) is 0 Å². The number of rotatable bonds is 6. The minimum absolute atomic E-state index is 0.00498. The predicted molar refractivity (Wildman–Crippen MR) is 101 cm³/mol. The molecule has 4 atom stereocenters. The Morgan fingerprint density at radius 2 is 2.03 bits per heavy atom. The zero-order valence-corrected chi connectivity index (χ0v) is 16.0. The third kappa shape index (κ3) is 2.75. The Hall–Kier alpha value is -2.81. The van der Waals surface area contributed by atoms with Crippen molar-refractivity contribution in [2.75, 3.05) is 11.9 Å². The SMILES string of the molecule is CCCCN1C(=O)[C@@H]2[C@H](CCC(N)=O)N[C@@]3(C(=O)Nc4ccc(F)cc43)[C@H]2C1=O. The van der Waals surface area contributed by atoms with Crippen LogP contribution in [0.5, 0.6) is 0 Å². The van der Waals surface area contributed by atoms with Gasteiger partial charge in [-0.25, -0.2) is 4.39 Å². The largest absolute Gasteiger partial charge is 0.370 e. The Morgan fingerprint density at radius 1 is 1.28 bits per heavy atom. The number of nitrogens with one attached hydrogen (secondary N) is 2. The third-order valence-corrected chi connectivity index (χ3v) is 6.21. The summed E-state index contributed by atoms with van der Waals surface area (Å²) in [5.41, 5.74) is 4.46. The average Bonchev–Trinajstić information content (AvgIpc) is 3.24. The standard InChI is InChI=1S/C20H23FN4O4/c1-2-3-8-25-17(27)15-13(6-7-14(22)26)24-20(16(15)18(25)28)11-9-10(21)4-5-12(11)23-19(20)29/h4-5,9,13,15-16,24H,2-3,6-8H2,1H3,(H2,22,26)(H,23,29)/t13-,15+,16+,20+/m0/s1. The van der Waals surface area contributed by atoms with Crippen LogP contribution in [0.2, 0.25) is 0 Å². The van der Waals surface area contributed by atoms with E-state index in [9.17, 15) is 23.6 Å². The first-order valence-corrected chi connectivity index (χ1v) is 9.84. The van der Waals surface area contributed by atoms with Crippen LogP contribution < -0.4 is 16.4 Å². The van der Waals surface area contributed by atoms with Crippen LogP contribution in [-0.4, -0.2) is 41.1 Å². The predicted octanol–water partition coefficient (Wildman–Crippen LogP) is 0.612. The molecule has 0 unspecified atom stereocenters. The molecule has 2 saturated heterocycles. The van der Waals surface area contributed by atoms with Crippen molar-refractivity contribution in [2.45, 2.75) is 44.2 Å². The second-order valence-electron chi connectivity index (χ2n) is 7.89. The van der Waals surface area contributed by atoms with Crippen molar-refractivity contribution in [3.63, 3.8) is 0 Å². The molecule has 3 aliphatic heterocycles. The van der Waals surface area contributed by atoms with Crippen LogP contribution >= 0.6 is 0 Å². The van der Waals surface area contributed by atoms with Gasteiger partial charge in [-0.2, -0.15) is 0 Å². The number of fused-ring (bicyclic) bond motifs is 4. The number of benzene rings is 1. The minimum Gasteiger partial charge on any atom is -0.370 e. The maximum atomic E-state index is 14.0. The fourth-order valence-corrected chi connectivity index (χ4v) is 4.92. The summed E-state index contributed by atoms with van der Waals surface area (Å²) in [6.45, 7) is 2.23. The molecule has 2 fully saturated rings. The van der Waals surface area contributed by atoms with Gasteiger partial charge in [-0.05, 0) is 31.0 Å². The fraction of sp³-hybridized carbons (Fsp3) is 0.500. The van der Waals surface area contributed by atoms with E-state index in [-0.39, 0.29) is 25.3 Å². The van der Waals surface area contributed by atoms with Crippen LogP contribution in [0.4, 0.5) is 10.1 Å². The van der Waals surface area contributed by atoms with Crippen molar-refractivity contribution in [2.24, 2.45) is 17.6 Å². The van der Waals surface area contributed by atoms with Gasteiger partial charge in [-0.15, -0.1) is 0 Å². The minimum atomic E-state index is -1.54. The Kier molecular flexibility index (Phi) is 4.65. The van der Waals surface area contributed by atoms with Crippen LogP contribution in [-0.2, 0) is 24.7 Å². The van der Waals surface area contributed by atoms with E-state index in [1.165, 1.54) is 23.1 Å². The molecular formula is C20H23FN4O4. The molecule has 0 aliphatic carbocycles. The van der Waals surface area contributed by atoms with E-state index in [0.717, 1.165) is 6.42 Å². The number of hydrogen-bond acceptors (Lipinski definition) is 5. The van der Waals surface area contributed by atoms with Crippen LogP contribution in [0, 0.1) is 17.7 Å². The number of likely N-dealkylation sites (tertiary alicyclic amines) is 1. The Bertz CT molecular complexity index is 920. The van der Waals surface area contributed by atoms with Gasteiger partial charge in [-0.3, -0.25) is 29.4 Å². The van der Waals surface area contributed by atoms with Gasteiger partial charge in [0.2, 0.25) is 23.6 Å². The average molecular weight is 402 g/mol. The lowest BCUT2D eigenvalue weighted by atomic mass is 9.76. The highest BCUT2D eigenvalue weighted by atomic mass is 19.1. The maximum Gasteiger partial charge on any atom is 0.250 e. The van der Waals surface area contributed by atoms with Gasteiger partial charge in [0.25, 0.3) is 0 Å². The molecular weight excluding hydrogens is 379 g/mol. The maximum absolute atomic E-state index is 14.0. The first-order valence-electron chi connectivity index (χ1n) is 9.84. The fourth-order valence-electron chi connectivity index (χ4n) is 4.92. The Labute approximate surface area is 167 Å². The molecule has 9 heteroatoms. The molecule has 4 N–H and O–H groups in total. The molecule has 29 heavy (non-hydrogen) atoms. The van der Waals surface area contributed by atoms with Crippen LogP contribution in [0.1, 0.15) is 38.2 Å². The number of nitrogens with zero attached hydrogens (tertiary/aromatic N) is 1. The van der Waals surface area contributed by atoms with Crippen LogP contribution in [0.25, 0.3) is 0 Å². The Balaban J connectivity index is 1.81. The summed E-state index contributed by atoms with van der Waals surface area (Å²) in [4.78, 5) is 52.0. The molecule has 1 spiro atoms. The van der Waals surface area contributed by atoms with Crippen molar-refractivity contribution in [3.05, 3.63) is 29.6 Å². The number of halogens is 1. The number of unbranched alkanes of at least 4 members (excludes halogenated alkanes) is 1. The highest BCUT2D eigenvalue weighted by Gasteiger charge is 2.70. The first-order chi connectivity index (χ1) is 13.8. The van der Waals surface area contributed by atoms with Crippen molar-refractivity contribution in [1.82, 2.24) is 10.2 Å². The second kappa shape index (κ2) is 6.91. The molecule has 0 bridgehead atoms. The van der Waals surface area contributed by atoms with Crippen LogP contribution in [0.15, 0.2) is 18.2 Å². The zero-order chi connectivity index (χ0) is 20.9. The lowest BCUT2D eigenvalue weighted by Gasteiger charge is -2.29. The highest BCUT2D eigenvalue weighted by molar-refractivity contribution is 6.15. The molecule has 1 aromatic carbocycles. The molecule has 0 radical (unpaired) electrons. The van der Waals surface area contributed by atoms with Crippen molar-refractivity contribution < 1.29 is 23.6 Å². The first kappa shape index (κ1) is 19.5. The van der Waals surface area contributed by atoms with E-state index in [1.807, 2.05) is 6.92 Å². The van der Waals surface area contributed by atoms with Gasteiger partial charge in [0.05, 0.1) is 11.8 Å². The molecule has 4 amide bonds. The summed E-state index contributed by atoms with van der Waals surface area (Å²) in [5, 5.41) is 5.85. The van der Waals surface area contributed by atoms with Gasteiger partial charge in [0.1, 0.15) is 11.4 Å². The summed E-state index contributed by atoms with van der Waals surface area (Å²) >= 11 is 0. The normalized spacial score (nSPS) is 30.1. The molecule has 8 nitrogen and oxygen atoms in total. The monoisotopic (exact) mass is 402 g/mol. The third-order valence-electron chi connectivity index (χ3n) is 6.21. The molecule has 3 heterocycles. The number of hydrogen-bond donors (Lipinski definition) is 3.